The average Bonchev–Trinajstić information content (AvgIpc) is 2.77. The fourth-order valence-electron chi connectivity index (χ4n) is 3.28. The SMILES string of the molecule is Bc1ccc(OCC)c(C(=O)NC(=S)Nc2ccc(S(=O)(=O)Nc3ccc(C)cc3C)cc2)c1. The van der Waals surface area contributed by atoms with E-state index in [-0.39, 0.29) is 10.0 Å². The molecule has 3 aromatic rings. The highest BCUT2D eigenvalue weighted by Crippen LogP contribution is 2.22. The van der Waals surface area contributed by atoms with Gasteiger partial charge in [0.25, 0.3) is 15.9 Å². The normalized spacial score (nSPS) is 10.9. The lowest BCUT2D eigenvalue weighted by Crippen LogP contribution is -2.34. The second kappa shape index (κ2) is 10.7. The molecule has 0 aliphatic heterocycles. The number of rotatable bonds is 7. The third-order valence-corrected chi connectivity index (χ3v) is 6.54. The lowest BCUT2D eigenvalue weighted by molar-refractivity contribution is 0.0974. The number of hydrogen-bond donors (Lipinski definition) is 3. The minimum absolute atomic E-state index is 0.0815. The first-order valence-corrected chi connectivity index (χ1v) is 12.5. The van der Waals surface area contributed by atoms with Gasteiger partial charge in [-0.1, -0.05) is 35.3 Å². The molecule has 0 saturated carbocycles. The highest BCUT2D eigenvalue weighted by Gasteiger charge is 2.17. The maximum atomic E-state index is 12.8. The Kier molecular flexibility index (Phi) is 7.96. The van der Waals surface area contributed by atoms with Crippen molar-refractivity contribution < 1.29 is 17.9 Å². The van der Waals surface area contributed by atoms with E-state index in [4.69, 9.17) is 17.0 Å². The van der Waals surface area contributed by atoms with Crippen LogP contribution in [0, 0.1) is 13.8 Å². The molecule has 0 radical (unpaired) electrons. The zero-order chi connectivity index (χ0) is 24.9. The number of ether oxygens (including phenoxy) is 1. The van der Waals surface area contributed by atoms with Gasteiger partial charge in [-0.25, -0.2) is 8.42 Å². The Morgan fingerprint density at radius 1 is 1.03 bits per heavy atom. The molecule has 0 bridgehead atoms. The van der Waals surface area contributed by atoms with Crippen LogP contribution in [0.15, 0.2) is 65.6 Å². The van der Waals surface area contributed by atoms with Gasteiger partial charge in [-0.2, -0.15) is 0 Å². The largest absolute Gasteiger partial charge is 0.493 e. The van der Waals surface area contributed by atoms with Crippen LogP contribution in [0.1, 0.15) is 28.4 Å². The van der Waals surface area contributed by atoms with E-state index in [0.717, 1.165) is 16.6 Å². The Bertz CT molecular complexity index is 1330. The summed E-state index contributed by atoms with van der Waals surface area (Å²) in [6.07, 6.45) is 0. The summed E-state index contributed by atoms with van der Waals surface area (Å²) < 4.78 is 33.7. The van der Waals surface area contributed by atoms with E-state index in [1.54, 1.807) is 30.3 Å². The Balaban J connectivity index is 1.67. The molecule has 10 heteroatoms. The van der Waals surface area contributed by atoms with Gasteiger partial charge in [0, 0.05) is 5.69 Å². The van der Waals surface area contributed by atoms with Crippen LogP contribution < -0.4 is 25.6 Å². The van der Waals surface area contributed by atoms with Crippen LogP contribution in [0.2, 0.25) is 0 Å². The lowest BCUT2D eigenvalue weighted by atomic mass is 9.94. The predicted octanol–water partition coefficient (Wildman–Crippen LogP) is 2.89. The van der Waals surface area contributed by atoms with Gasteiger partial charge in [-0.05, 0) is 75.0 Å². The number of sulfonamides is 1. The molecule has 3 aromatic carbocycles. The van der Waals surface area contributed by atoms with E-state index < -0.39 is 15.9 Å². The first-order chi connectivity index (χ1) is 16.1. The molecule has 176 valence electrons. The molecule has 34 heavy (non-hydrogen) atoms. The van der Waals surface area contributed by atoms with Crippen LogP contribution in [-0.2, 0) is 10.0 Å². The lowest BCUT2D eigenvalue weighted by Gasteiger charge is -2.14. The van der Waals surface area contributed by atoms with Gasteiger partial charge in [0.05, 0.1) is 22.8 Å². The zero-order valence-corrected chi connectivity index (χ0v) is 21.1. The second-order valence-corrected chi connectivity index (χ2v) is 9.88. The first-order valence-electron chi connectivity index (χ1n) is 10.6. The van der Waals surface area contributed by atoms with Crippen molar-refractivity contribution in [1.82, 2.24) is 5.32 Å². The highest BCUT2D eigenvalue weighted by molar-refractivity contribution is 7.92. The molecule has 0 saturated heterocycles. The molecule has 0 spiro atoms. The van der Waals surface area contributed by atoms with Gasteiger partial charge in [0.1, 0.15) is 13.6 Å². The van der Waals surface area contributed by atoms with E-state index in [1.165, 1.54) is 12.1 Å². The Labute approximate surface area is 206 Å². The fraction of sp³-hybridized carbons (Fsp3) is 0.167. The Morgan fingerprint density at radius 3 is 2.38 bits per heavy atom. The number of thiocarbonyl (C=S) groups is 1. The average molecular weight is 495 g/mol. The van der Waals surface area contributed by atoms with Gasteiger partial charge in [-0.3, -0.25) is 14.8 Å². The molecule has 0 unspecified atom stereocenters. The summed E-state index contributed by atoms with van der Waals surface area (Å²) in [6, 6.07) is 16.9. The number of hydrogen-bond acceptors (Lipinski definition) is 5. The number of carbonyl (C=O) groups is 1. The Hall–Kier alpha value is -3.37. The van der Waals surface area contributed by atoms with E-state index in [9.17, 15) is 13.2 Å². The van der Waals surface area contributed by atoms with Crippen LogP contribution in [0.4, 0.5) is 11.4 Å². The number of aryl methyl sites for hydroxylation is 2. The van der Waals surface area contributed by atoms with Crippen LogP contribution >= 0.6 is 12.2 Å². The highest BCUT2D eigenvalue weighted by atomic mass is 32.2. The van der Waals surface area contributed by atoms with Gasteiger partial charge < -0.3 is 10.1 Å². The van der Waals surface area contributed by atoms with Crippen molar-refractivity contribution >= 4 is 57.9 Å². The maximum Gasteiger partial charge on any atom is 0.261 e. The summed E-state index contributed by atoms with van der Waals surface area (Å²) in [5, 5.41) is 5.61. The summed E-state index contributed by atoms with van der Waals surface area (Å²) in [4.78, 5) is 12.8. The standard InChI is InChI=1S/C24H26BN3O4S2/c1-4-32-22-12-6-17(25)14-20(22)23(29)27-24(33)26-18-7-9-19(10-8-18)34(30,31)28-21-11-5-15(2)13-16(21)3/h5-14,28H,4,25H2,1-3H3,(H2,26,27,29,33). The molecule has 3 N–H and O–H groups in total. The third kappa shape index (κ3) is 6.36. The summed E-state index contributed by atoms with van der Waals surface area (Å²) in [6.45, 7) is 6.07. The molecule has 7 nitrogen and oxygen atoms in total. The maximum absolute atomic E-state index is 12.8. The topological polar surface area (TPSA) is 96.5 Å². The first kappa shape index (κ1) is 25.3. The van der Waals surface area contributed by atoms with Crippen LogP contribution in [-0.4, -0.2) is 33.9 Å². The number of nitrogens with one attached hydrogen (secondary N) is 3. The molecule has 0 aliphatic carbocycles. The molecule has 0 fully saturated rings. The van der Waals surface area contributed by atoms with E-state index in [2.05, 4.69) is 15.4 Å². The quantitative estimate of drug-likeness (QED) is 0.345. The zero-order valence-electron chi connectivity index (χ0n) is 19.4. The number of benzene rings is 3. The number of amides is 1. The molecule has 0 aromatic heterocycles. The molecule has 0 atom stereocenters. The Morgan fingerprint density at radius 2 is 1.74 bits per heavy atom. The van der Waals surface area contributed by atoms with Gasteiger partial charge in [-0.15, -0.1) is 0 Å². The molecular weight excluding hydrogens is 469 g/mol. The smallest absolute Gasteiger partial charge is 0.261 e. The molecular formula is C24H26BN3O4S2. The van der Waals surface area contributed by atoms with Crippen LogP contribution in [0.25, 0.3) is 0 Å². The van der Waals surface area contributed by atoms with Gasteiger partial charge in [0.15, 0.2) is 5.11 Å². The fourth-order valence-corrected chi connectivity index (χ4v) is 4.63. The van der Waals surface area contributed by atoms with Crippen molar-refractivity contribution in [3.63, 3.8) is 0 Å². The summed E-state index contributed by atoms with van der Waals surface area (Å²) >= 11 is 5.26. The summed E-state index contributed by atoms with van der Waals surface area (Å²) in [7, 11) is -1.87. The van der Waals surface area contributed by atoms with E-state index in [1.807, 2.05) is 46.8 Å². The van der Waals surface area contributed by atoms with Crippen LogP contribution in [0.3, 0.4) is 0 Å². The van der Waals surface area contributed by atoms with Crippen molar-refractivity contribution in [3.05, 3.63) is 77.4 Å². The van der Waals surface area contributed by atoms with Crippen molar-refractivity contribution in [1.29, 1.82) is 0 Å². The van der Waals surface area contributed by atoms with Gasteiger partial charge >= 0.3 is 0 Å². The molecule has 1 amide bonds. The monoisotopic (exact) mass is 495 g/mol. The molecule has 0 aliphatic rings. The summed E-state index contributed by atoms with van der Waals surface area (Å²) in [5.74, 6) is 0.0702. The second-order valence-electron chi connectivity index (χ2n) is 7.79. The van der Waals surface area contributed by atoms with E-state index >= 15 is 0 Å². The van der Waals surface area contributed by atoms with E-state index in [0.29, 0.717) is 29.3 Å². The predicted molar refractivity (Wildman–Crippen MR) is 143 cm³/mol. The third-order valence-electron chi connectivity index (χ3n) is 4.96. The van der Waals surface area contributed by atoms with Crippen molar-refractivity contribution in [2.45, 2.75) is 25.7 Å². The summed E-state index contributed by atoms with van der Waals surface area (Å²) in [5.41, 5.74) is 4.24. The minimum Gasteiger partial charge on any atom is -0.493 e. The number of carbonyl (C=O) groups excluding carboxylic acids is 1. The number of anilines is 2. The molecule has 0 heterocycles. The molecule has 3 rings (SSSR count). The van der Waals surface area contributed by atoms with Gasteiger partial charge in [0.2, 0.25) is 0 Å². The van der Waals surface area contributed by atoms with Crippen molar-refractivity contribution in [2.75, 3.05) is 16.6 Å². The van der Waals surface area contributed by atoms with Crippen LogP contribution in [0.5, 0.6) is 5.75 Å². The van der Waals surface area contributed by atoms with Crippen molar-refractivity contribution in [3.8, 4) is 5.75 Å². The minimum atomic E-state index is -3.76. The van der Waals surface area contributed by atoms with Crippen molar-refractivity contribution in [2.24, 2.45) is 0 Å².